The summed E-state index contributed by atoms with van der Waals surface area (Å²) in [7, 11) is 2.18. The monoisotopic (exact) mass is 314 g/mol. The van der Waals surface area contributed by atoms with E-state index in [1.54, 1.807) is 6.07 Å². The van der Waals surface area contributed by atoms with Crippen molar-refractivity contribution in [3.8, 4) is 0 Å². The lowest BCUT2D eigenvalue weighted by atomic mass is 9.82. The summed E-state index contributed by atoms with van der Waals surface area (Å²) in [6.45, 7) is 7.74. The number of likely N-dealkylation sites (tertiary alicyclic amines) is 1. The number of H-pyrrole nitrogens is 1. The van der Waals surface area contributed by atoms with Crippen LogP contribution in [0.1, 0.15) is 62.5 Å². The van der Waals surface area contributed by atoms with Gasteiger partial charge < -0.3 is 4.52 Å². The Hall–Kier alpha value is -1.81. The summed E-state index contributed by atoms with van der Waals surface area (Å²) in [6.07, 6.45) is 2.00. The highest BCUT2D eigenvalue weighted by atomic mass is 16.5. The van der Waals surface area contributed by atoms with Crippen LogP contribution in [0.5, 0.6) is 0 Å². The number of rotatable bonds is 2. The molecule has 23 heavy (non-hydrogen) atoms. The minimum Gasteiger partial charge on any atom is -0.383 e. The van der Waals surface area contributed by atoms with Crippen LogP contribution in [-0.4, -0.2) is 23.6 Å². The largest absolute Gasteiger partial charge is 0.383 e. The van der Waals surface area contributed by atoms with Gasteiger partial charge in [0.05, 0.1) is 0 Å². The Morgan fingerprint density at radius 2 is 2.04 bits per heavy atom. The number of aromatic amines is 1. The predicted molar refractivity (Wildman–Crippen MR) is 91.8 cm³/mol. The van der Waals surface area contributed by atoms with Crippen LogP contribution in [0.15, 0.2) is 39.6 Å². The van der Waals surface area contributed by atoms with Crippen LogP contribution in [0, 0.1) is 0 Å². The summed E-state index contributed by atoms with van der Waals surface area (Å²) in [5.41, 5.74) is 2.71. The van der Waals surface area contributed by atoms with Gasteiger partial charge in [0.15, 0.2) is 0 Å². The van der Waals surface area contributed by atoms with E-state index in [1.165, 1.54) is 11.1 Å². The highest BCUT2D eigenvalue weighted by Gasteiger charge is 2.30. The molecule has 124 valence electrons. The van der Waals surface area contributed by atoms with Crippen molar-refractivity contribution in [1.82, 2.24) is 10.1 Å². The molecule has 1 aromatic carbocycles. The molecule has 1 N–H and O–H groups in total. The van der Waals surface area contributed by atoms with E-state index in [1.807, 2.05) is 0 Å². The molecule has 2 atom stereocenters. The maximum atomic E-state index is 11.3. The molecule has 0 spiro atoms. The van der Waals surface area contributed by atoms with Crippen molar-refractivity contribution in [2.45, 2.75) is 51.0 Å². The second-order valence-corrected chi connectivity index (χ2v) is 7.71. The standard InChI is InChI=1S/C19H26N2O2/c1-19(2,3)15-7-5-6-13(10-15)16-11-14(8-9-21(16)4)17-12-18(22)20-23-17/h5-7,10,12,14,16H,8-9,11H2,1-4H3,(H,20,22)/t14-,16+/m1/s1. The van der Waals surface area contributed by atoms with Crippen molar-refractivity contribution in [2.75, 3.05) is 13.6 Å². The molecule has 0 aliphatic carbocycles. The molecule has 1 fully saturated rings. The summed E-state index contributed by atoms with van der Waals surface area (Å²) in [6, 6.07) is 10.9. The maximum absolute atomic E-state index is 11.3. The third-order valence-electron chi connectivity index (χ3n) is 4.95. The molecular formula is C19H26N2O2. The number of nitrogens with zero attached hydrogens (tertiary/aromatic N) is 1. The average Bonchev–Trinajstić information content (AvgIpc) is 2.93. The molecule has 1 aromatic heterocycles. The van der Waals surface area contributed by atoms with E-state index in [0.717, 1.165) is 25.1 Å². The molecule has 0 bridgehead atoms. The van der Waals surface area contributed by atoms with Crippen molar-refractivity contribution >= 4 is 0 Å². The first kappa shape index (κ1) is 16.1. The Bertz CT molecular complexity index is 723. The van der Waals surface area contributed by atoms with Crippen LogP contribution in [0.25, 0.3) is 0 Å². The number of benzene rings is 1. The Morgan fingerprint density at radius 1 is 1.26 bits per heavy atom. The molecule has 3 rings (SSSR count). The van der Waals surface area contributed by atoms with E-state index in [2.05, 4.69) is 62.1 Å². The van der Waals surface area contributed by atoms with E-state index < -0.39 is 0 Å². The van der Waals surface area contributed by atoms with Gasteiger partial charge in [-0.25, -0.2) is 0 Å². The van der Waals surface area contributed by atoms with Crippen molar-refractivity contribution in [2.24, 2.45) is 0 Å². The molecular weight excluding hydrogens is 288 g/mol. The molecule has 0 saturated carbocycles. The molecule has 0 amide bonds. The number of nitrogens with one attached hydrogen (secondary N) is 1. The Balaban J connectivity index is 1.87. The Labute approximate surface area is 137 Å². The van der Waals surface area contributed by atoms with Gasteiger partial charge in [-0.1, -0.05) is 45.0 Å². The lowest BCUT2D eigenvalue weighted by molar-refractivity contribution is 0.157. The number of hydrogen-bond acceptors (Lipinski definition) is 3. The minimum atomic E-state index is -0.148. The van der Waals surface area contributed by atoms with E-state index >= 15 is 0 Å². The van der Waals surface area contributed by atoms with Gasteiger partial charge in [-0.05, 0) is 43.0 Å². The second-order valence-electron chi connectivity index (χ2n) is 7.71. The van der Waals surface area contributed by atoms with Gasteiger partial charge in [0.2, 0.25) is 0 Å². The van der Waals surface area contributed by atoms with Crippen LogP contribution in [0.4, 0.5) is 0 Å². The van der Waals surface area contributed by atoms with Gasteiger partial charge in [-0.3, -0.25) is 9.69 Å². The zero-order valence-electron chi connectivity index (χ0n) is 14.4. The smallest absolute Gasteiger partial charge is 0.280 e. The first-order chi connectivity index (χ1) is 10.8. The summed E-state index contributed by atoms with van der Waals surface area (Å²) >= 11 is 0. The van der Waals surface area contributed by atoms with E-state index in [4.69, 9.17) is 4.52 Å². The van der Waals surface area contributed by atoms with Gasteiger partial charge in [0.25, 0.3) is 5.56 Å². The SMILES string of the molecule is CN1CC[C@@H](c2cc(=O)[nH]o2)C[C@H]1c1cccc(C(C)(C)C)c1. The molecule has 1 aliphatic heterocycles. The fraction of sp³-hybridized carbons (Fsp3) is 0.526. The van der Waals surface area contributed by atoms with Gasteiger partial charge >= 0.3 is 0 Å². The zero-order valence-corrected chi connectivity index (χ0v) is 14.4. The third-order valence-corrected chi connectivity index (χ3v) is 4.95. The first-order valence-electron chi connectivity index (χ1n) is 8.33. The lowest BCUT2D eigenvalue weighted by Crippen LogP contribution is -2.33. The highest BCUT2D eigenvalue weighted by Crippen LogP contribution is 2.39. The quantitative estimate of drug-likeness (QED) is 0.917. The molecule has 1 saturated heterocycles. The molecule has 4 heteroatoms. The molecule has 2 heterocycles. The van der Waals surface area contributed by atoms with Crippen LogP contribution >= 0.6 is 0 Å². The average molecular weight is 314 g/mol. The van der Waals surface area contributed by atoms with Crippen LogP contribution in [0.2, 0.25) is 0 Å². The minimum absolute atomic E-state index is 0.148. The van der Waals surface area contributed by atoms with Crippen molar-refractivity contribution in [3.05, 3.63) is 57.6 Å². The van der Waals surface area contributed by atoms with Gasteiger partial charge in [-0.15, -0.1) is 0 Å². The van der Waals surface area contributed by atoms with Crippen LogP contribution in [-0.2, 0) is 5.41 Å². The van der Waals surface area contributed by atoms with E-state index in [0.29, 0.717) is 12.0 Å². The summed E-state index contributed by atoms with van der Waals surface area (Å²) in [5.74, 6) is 1.09. The van der Waals surface area contributed by atoms with Crippen molar-refractivity contribution in [3.63, 3.8) is 0 Å². The summed E-state index contributed by atoms with van der Waals surface area (Å²) < 4.78 is 5.35. The first-order valence-corrected chi connectivity index (χ1v) is 8.33. The third kappa shape index (κ3) is 3.42. The Kier molecular flexibility index (Phi) is 4.19. The van der Waals surface area contributed by atoms with Crippen molar-refractivity contribution in [1.29, 1.82) is 0 Å². The summed E-state index contributed by atoms with van der Waals surface area (Å²) in [4.78, 5) is 13.7. The van der Waals surface area contributed by atoms with Crippen LogP contribution < -0.4 is 5.56 Å². The molecule has 2 aromatic rings. The fourth-order valence-corrected chi connectivity index (χ4v) is 3.44. The topological polar surface area (TPSA) is 49.2 Å². The lowest BCUT2D eigenvalue weighted by Gasteiger charge is -2.37. The fourth-order valence-electron chi connectivity index (χ4n) is 3.44. The Morgan fingerprint density at radius 3 is 2.70 bits per heavy atom. The predicted octanol–water partition coefficient (Wildman–Crippen LogP) is 3.82. The van der Waals surface area contributed by atoms with Crippen molar-refractivity contribution < 1.29 is 4.52 Å². The normalized spacial score (nSPS) is 23.1. The molecule has 1 aliphatic rings. The number of hydrogen-bond donors (Lipinski definition) is 1. The van der Waals surface area contributed by atoms with Gasteiger partial charge in [-0.2, -0.15) is 5.16 Å². The van der Waals surface area contributed by atoms with Gasteiger partial charge in [0.1, 0.15) is 5.76 Å². The molecule has 0 radical (unpaired) electrons. The van der Waals surface area contributed by atoms with E-state index in [9.17, 15) is 4.79 Å². The molecule has 4 nitrogen and oxygen atoms in total. The van der Waals surface area contributed by atoms with Gasteiger partial charge in [0, 0.05) is 18.0 Å². The number of aromatic nitrogens is 1. The second kappa shape index (κ2) is 6.00. The maximum Gasteiger partial charge on any atom is 0.280 e. The molecule has 0 unspecified atom stereocenters. The van der Waals surface area contributed by atoms with E-state index in [-0.39, 0.29) is 11.0 Å². The zero-order chi connectivity index (χ0) is 16.6. The summed E-state index contributed by atoms with van der Waals surface area (Å²) in [5, 5.41) is 2.42. The van der Waals surface area contributed by atoms with Crippen LogP contribution in [0.3, 0.4) is 0 Å². The highest BCUT2D eigenvalue weighted by molar-refractivity contribution is 5.31. The number of piperidine rings is 1.